The topological polar surface area (TPSA) is 48.1 Å². The lowest BCUT2D eigenvalue weighted by molar-refractivity contribution is 0.405. The summed E-state index contributed by atoms with van der Waals surface area (Å²) in [5.41, 5.74) is 6.80. The summed E-state index contributed by atoms with van der Waals surface area (Å²) in [4.78, 5) is 5.10. The first kappa shape index (κ1) is 11.8. The first-order valence-corrected chi connectivity index (χ1v) is 6.24. The van der Waals surface area contributed by atoms with Crippen LogP contribution in [0, 0.1) is 0 Å². The molecule has 4 heteroatoms. The molecule has 17 heavy (non-hydrogen) atoms. The number of thioether (sulfide) groups is 1. The maximum Gasteiger partial charge on any atom is 0.132 e. The highest BCUT2D eigenvalue weighted by Crippen LogP contribution is 2.31. The zero-order valence-corrected chi connectivity index (χ0v) is 10.4. The predicted octanol–water partition coefficient (Wildman–Crippen LogP) is 2.96. The molecule has 0 aliphatic rings. The van der Waals surface area contributed by atoms with E-state index in [1.165, 1.54) is 0 Å². The van der Waals surface area contributed by atoms with Crippen molar-refractivity contribution < 1.29 is 4.74 Å². The van der Waals surface area contributed by atoms with E-state index in [0.29, 0.717) is 5.82 Å². The molecule has 0 unspecified atom stereocenters. The van der Waals surface area contributed by atoms with Crippen molar-refractivity contribution in [1.82, 2.24) is 4.98 Å². The fraction of sp³-hybridized carbons (Fsp3) is 0.154. The molecule has 0 amide bonds. The summed E-state index contributed by atoms with van der Waals surface area (Å²) in [7, 11) is 1.68. The lowest BCUT2D eigenvalue weighted by Gasteiger charge is -2.07. The number of ether oxygens (including phenoxy) is 1. The van der Waals surface area contributed by atoms with Crippen LogP contribution < -0.4 is 10.5 Å². The number of methoxy groups -OCH3 is 1. The minimum Gasteiger partial charge on any atom is -0.496 e. The molecule has 0 aliphatic heterocycles. The van der Waals surface area contributed by atoms with Crippen LogP contribution in [0.15, 0.2) is 47.5 Å². The van der Waals surface area contributed by atoms with Gasteiger partial charge in [0.05, 0.1) is 7.11 Å². The van der Waals surface area contributed by atoms with Gasteiger partial charge < -0.3 is 10.5 Å². The van der Waals surface area contributed by atoms with Gasteiger partial charge in [-0.1, -0.05) is 12.1 Å². The average Bonchev–Trinajstić information content (AvgIpc) is 2.37. The average molecular weight is 246 g/mol. The molecule has 1 heterocycles. The quantitative estimate of drug-likeness (QED) is 0.843. The highest BCUT2D eigenvalue weighted by molar-refractivity contribution is 7.98. The normalized spacial score (nSPS) is 10.2. The van der Waals surface area contributed by atoms with E-state index in [2.05, 4.69) is 4.98 Å². The fourth-order valence-corrected chi connectivity index (χ4v) is 2.45. The molecule has 0 fully saturated rings. The first-order chi connectivity index (χ1) is 8.29. The Bertz CT molecular complexity index is 502. The van der Waals surface area contributed by atoms with Crippen LogP contribution in [0.4, 0.5) is 5.82 Å². The number of nitrogens with two attached hydrogens (primary N) is 1. The molecule has 1 aromatic carbocycles. The summed E-state index contributed by atoms with van der Waals surface area (Å²) in [6.45, 7) is 0. The van der Waals surface area contributed by atoms with Crippen LogP contribution in [-0.4, -0.2) is 12.1 Å². The Morgan fingerprint density at radius 1 is 1.29 bits per heavy atom. The number of anilines is 1. The van der Waals surface area contributed by atoms with Crippen molar-refractivity contribution in [2.45, 2.75) is 10.6 Å². The molecule has 0 saturated heterocycles. The highest BCUT2D eigenvalue weighted by Gasteiger charge is 2.03. The second-order valence-electron chi connectivity index (χ2n) is 3.53. The van der Waals surface area contributed by atoms with Crippen molar-refractivity contribution in [1.29, 1.82) is 0 Å². The first-order valence-electron chi connectivity index (χ1n) is 5.26. The Balaban J connectivity index is 2.07. The van der Waals surface area contributed by atoms with Crippen molar-refractivity contribution in [3.05, 3.63) is 48.2 Å². The van der Waals surface area contributed by atoms with Gasteiger partial charge in [-0.25, -0.2) is 4.98 Å². The van der Waals surface area contributed by atoms with Crippen LogP contribution in [-0.2, 0) is 5.75 Å². The van der Waals surface area contributed by atoms with E-state index >= 15 is 0 Å². The highest BCUT2D eigenvalue weighted by atomic mass is 32.2. The molecule has 2 rings (SSSR count). The summed E-state index contributed by atoms with van der Waals surface area (Å²) < 4.78 is 5.30. The van der Waals surface area contributed by atoms with E-state index < -0.39 is 0 Å². The molecule has 0 atom stereocenters. The van der Waals surface area contributed by atoms with Crippen LogP contribution in [0.5, 0.6) is 5.75 Å². The van der Waals surface area contributed by atoms with Gasteiger partial charge in [0.25, 0.3) is 0 Å². The Hall–Kier alpha value is -1.68. The molecule has 0 spiro atoms. The minimum atomic E-state index is 0.558. The molecule has 2 aromatic rings. The van der Waals surface area contributed by atoms with E-state index in [1.54, 1.807) is 25.1 Å². The minimum absolute atomic E-state index is 0.558. The number of benzene rings is 1. The zero-order valence-electron chi connectivity index (χ0n) is 9.59. The second-order valence-corrected chi connectivity index (χ2v) is 4.55. The zero-order chi connectivity index (χ0) is 12.1. The molecule has 0 saturated carbocycles. The molecule has 0 bridgehead atoms. The van der Waals surface area contributed by atoms with Gasteiger partial charge in [0.1, 0.15) is 11.6 Å². The molecular formula is C13H14N2OS. The SMILES string of the molecule is COc1ccccc1SCc1ccnc(N)c1. The van der Waals surface area contributed by atoms with E-state index in [0.717, 1.165) is 22.0 Å². The summed E-state index contributed by atoms with van der Waals surface area (Å²) in [6, 6.07) is 11.8. The molecule has 0 radical (unpaired) electrons. The number of nitrogens with zero attached hydrogens (tertiary/aromatic N) is 1. The molecule has 3 nitrogen and oxygen atoms in total. The van der Waals surface area contributed by atoms with E-state index in [4.69, 9.17) is 10.5 Å². The number of nitrogen functional groups attached to an aromatic ring is 1. The maximum atomic E-state index is 5.64. The maximum absolute atomic E-state index is 5.64. The van der Waals surface area contributed by atoms with Crippen LogP contribution in [0.1, 0.15) is 5.56 Å². The van der Waals surface area contributed by atoms with Crippen molar-refractivity contribution >= 4 is 17.6 Å². The number of para-hydroxylation sites is 1. The monoisotopic (exact) mass is 246 g/mol. The lowest BCUT2D eigenvalue weighted by Crippen LogP contribution is -1.91. The Labute approximate surface area is 105 Å². The summed E-state index contributed by atoms with van der Waals surface area (Å²) >= 11 is 1.73. The second kappa shape index (κ2) is 5.59. The molecule has 88 valence electrons. The fourth-order valence-electron chi connectivity index (χ4n) is 1.48. The van der Waals surface area contributed by atoms with Gasteiger partial charge in [0, 0.05) is 16.8 Å². The van der Waals surface area contributed by atoms with Gasteiger partial charge in [-0.05, 0) is 29.8 Å². The summed E-state index contributed by atoms with van der Waals surface area (Å²) in [5, 5.41) is 0. The van der Waals surface area contributed by atoms with Crippen molar-refractivity contribution in [3.63, 3.8) is 0 Å². The van der Waals surface area contributed by atoms with Crippen LogP contribution in [0.25, 0.3) is 0 Å². The van der Waals surface area contributed by atoms with Gasteiger partial charge in [-0.15, -0.1) is 11.8 Å². The Morgan fingerprint density at radius 2 is 2.12 bits per heavy atom. The van der Waals surface area contributed by atoms with Gasteiger partial charge in [-0.3, -0.25) is 0 Å². The van der Waals surface area contributed by atoms with Gasteiger partial charge >= 0.3 is 0 Å². The number of aromatic nitrogens is 1. The number of hydrogen-bond donors (Lipinski definition) is 1. The largest absolute Gasteiger partial charge is 0.496 e. The predicted molar refractivity (Wildman–Crippen MR) is 71.2 cm³/mol. The molecule has 2 N–H and O–H groups in total. The van der Waals surface area contributed by atoms with Crippen LogP contribution >= 0.6 is 11.8 Å². The summed E-state index contributed by atoms with van der Waals surface area (Å²) in [5.74, 6) is 2.32. The Kier molecular flexibility index (Phi) is 3.88. The third-order valence-corrected chi connectivity index (χ3v) is 3.43. The smallest absolute Gasteiger partial charge is 0.132 e. The Morgan fingerprint density at radius 3 is 2.88 bits per heavy atom. The van der Waals surface area contributed by atoms with E-state index in [-0.39, 0.29) is 0 Å². The van der Waals surface area contributed by atoms with E-state index in [1.807, 2.05) is 36.4 Å². The standard InChI is InChI=1S/C13H14N2OS/c1-16-11-4-2-3-5-12(11)17-9-10-6-7-15-13(14)8-10/h2-8H,9H2,1H3,(H2,14,15). The molecule has 1 aromatic heterocycles. The van der Waals surface area contributed by atoms with Gasteiger partial charge in [-0.2, -0.15) is 0 Å². The third-order valence-electron chi connectivity index (χ3n) is 2.31. The van der Waals surface area contributed by atoms with Crippen molar-refractivity contribution in [2.24, 2.45) is 0 Å². The molecule has 0 aliphatic carbocycles. The van der Waals surface area contributed by atoms with Crippen LogP contribution in [0.2, 0.25) is 0 Å². The third kappa shape index (κ3) is 3.14. The lowest BCUT2D eigenvalue weighted by atomic mass is 10.3. The van der Waals surface area contributed by atoms with Gasteiger partial charge in [0.15, 0.2) is 0 Å². The number of hydrogen-bond acceptors (Lipinski definition) is 4. The van der Waals surface area contributed by atoms with Crippen molar-refractivity contribution in [3.8, 4) is 5.75 Å². The van der Waals surface area contributed by atoms with Crippen LogP contribution in [0.3, 0.4) is 0 Å². The molecular weight excluding hydrogens is 232 g/mol. The number of pyridine rings is 1. The number of rotatable bonds is 4. The van der Waals surface area contributed by atoms with E-state index in [9.17, 15) is 0 Å². The van der Waals surface area contributed by atoms with Crippen molar-refractivity contribution in [2.75, 3.05) is 12.8 Å². The summed E-state index contributed by atoms with van der Waals surface area (Å²) in [6.07, 6.45) is 1.73. The van der Waals surface area contributed by atoms with Gasteiger partial charge in [0.2, 0.25) is 0 Å².